The molecule has 0 saturated carbocycles. The van der Waals surface area contributed by atoms with Gasteiger partial charge < -0.3 is 13.4 Å². The molecule has 0 atom stereocenters. The van der Waals surface area contributed by atoms with Crippen LogP contribution in [0.2, 0.25) is 17.3 Å². The molecule has 6 nitrogen and oxygen atoms in total. The molecule has 0 N–H and O–H groups in total. The quantitative estimate of drug-likeness (QED) is 0.127. The van der Waals surface area contributed by atoms with Gasteiger partial charge in [-0.25, -0.2) is 4.98 Å². The third-order valence-corrected chi connectivity index (χ3v) is 15.5. The van der Waals surface area contributed by atoms with Gasteiger partial charge in [-0.05, 0) is 59.4 Å². The van der Waals surface area contributed by atoms with Crippen molar-refractivity contribution in [2.45, 2.75) is 70.1 Å². The zero-order valence-electron chi connectivity index (χ0n) is 35.6. The van der Waals surface area contributed by atoms with Crippen LogP contribution < -0.4 is 4.40 Å². The average molecular weight is 1030 g/mol. The maximum absolute atomic E-state index is 6.53. The second-order valence-corrected chi connectivity index (χ2v) is 28.5. The number of hydrogen-bond acceptors (Lipinski definition) is 5. The predicted molar refractivity (Wildman–Crippen MR) is 247 cm³/mol. The molecule has 0 fully saturated rings. The molecule has 0 spiro atoms. The molecule has 0 aliphatic rings. The molecular weight excluding hydrogens is 977 g/mol. The number of rotatable bonds is 5. The standard InChI is InChI=1S/C38H32N3O2.C14H16GeN.Ir/c1-21(2)29-18-17-27-34-22(3)11-14-28(35(34)43-37(27)40-29)36-39-30-9-7-8-10-31(30)41(36)24-13-16-26-25-15-12-23(38(4,5)6)19-32(25)42-33(26)20-24;1-15(2,3)13-9-10-14(16-11-13)12-7-5-4-6-8-12;/h7-13,15-21H,1-6H3;4-7,9-11H,1-3H3;/q2*-1;. The Hall–Kier alpha value is -5.34. The second-order valence-electron chi connectivity index (χ2n) is 17.9. The summed E-state index contributed by atoms with van der Waals surface area (Å²) in [6.07, 6.45) is 2.04. The zero-order chi connectivity index (χ0) is 41.2. The van der Waals surface area contributed by atoms with Crippen LogP contribution in [-0.2, 0) is 25.5 Å². The first-order valence-electron chi connectivity index (χ1n) is 20.4. The first-order chi connectivity index (χ1) is 28.2. The summed E-state index contributed by atoms with van der Waals surface area (Å²) in [5, 5.41) is 4.27. The Labute approximate surface area is 367 Å². The van der Waals surface area contributed by atoms with Gasteiger partial charge in [0.1, 0.15) is 11.2 Å². The van der Waals surface area contributed by atoms with E-state index in [9.17, 15) is 0 Å². The van der Waals surface area contributed by atoms with E-state index in [1.54, 1.807) is 0 Å². The van der Waals surface area contributed by atoms with Gasteiger partial charge in [-0.1, -0.05) is 76.8 Å². The number of para-hydroxylation sites is 2. The molecule has 10 rings (SSSR count). The molecule has 10 aromatic rings. The van der Waals surface area contributed by atoms with E-state index in [-0.39, 0.29) is 25.5 Å². The van der Waals surface area contributed by atoms with Gasteiger partial charge >= 0.3 is 99.8 Å². The molecule has 5 heterocycles. The molecule has 5 aromatic heterocycles. The van der Waals surface area contributed by atoms with Gasteiger partial charge in [0.15, 0.2) is 0 Å². The number of fused-ring (bicyclic) bond motifs is 7. The maximum Gasteiger partial charge on any atom is 0 e. The molecule has 0 aliphatic carbocycles. The van der Waals surface area contributed by atoms with Crippen LogP contribution in [0.25, 0.3) is 83.4 Å². The van der Waals surface area contributed by atoms with E-state index in [0.717, 1.165) is 88.9 Å². The first kappa shape index (κ1) is 41.4. The topological polar surface area (TPSA) is 69.9 Å². The summed E-state index contributed by atoms with van der Waals surface area (Å²) in [4.78, 5) is 14.5. The van der Waals surface area contributed by atoms with Crippen molar-refractivity contribution in [2.75, 3.05) is 0 Å². The summed E-state index contributed by atoms with van der Waals surface area (Å²) in [5.74, 6) is 8.21. The van der Waals surface area contributed by atoms with Crippen LogP contribution in [0.4, 0.5) is 0 Å². The molecule has 0 saturated heterocycles. The summed E-state index contributed by atoms with van der Waals surface area (Å²) in [5.41, 5.74) is 12.3. The van der Waals surface area contributed by atoms with E-state index >= 15 is 0 Å². The minimum absolute atomic E-state index is 0. The van der Waals surface area contributed by atoms with Crippen molar-refractivity contribution in [2.24, 2.45) is 0 Å². The largest absolute Gasteiger partial charge is 0 e. The molecule has 0 aliphatic heterocycles. The summed E-state index contributed by atoms with van der Waals surface area (Å²) in [6.45, 7) is 13.1. The van der Waals surface area contributed by atoms with Crippen LogP contribution in [0, 0.1) is 19.1 Å². The molecule has 0 bridgehead atoms. The van der Waals surface area contributed by atoms with Gasteiger partial charge in [0.05, 0.1) is 22.4 Å². The minimum Gasteiger partial charge on any atom is 0 e. The normalized spacial score (nSPS) is 12.1. The number of aryl methyl sites for hydroxylation is 1. The van der Waals surface area contributed by atoms with Gasteiger partial charge in [0.25, 0.3) is 0 Å². The molecule has 5 aromatic carbocycles. The summed E-state index contributed by atoms with van der Waals surface area (Å²) in [7, 11) is 0. The number of benzene rings is 5. The number of nitrogens with zero attached hydrogens (tertiary/aromatic N) is 4. The smallest absolute Gasteiger partial charge is 0 e. The Morgan fingerprint density at radius 1 is 0.750 bits per heavy atom. The Balaban J connectivity index is 0.000000248. The van der Waals surface area contributed by atoms with Gasteiger partial charge in [-0.2, -0.15) is 0 Å². The van der Waals surface area contributed by atoms with Gasteiger partial charge in [-0.15, -0.1) is 17.7 Å². The fraction of sp³-hybridized carbons (Fsp3) is 0.212. The zero-order valence-corrected chi connectivity index (χ0v) is 40.1. The molecule has 1 radical (unpaired) electrons. The average Bonchev–Trinajstić information content (AvgIpc) is 3.92. The van der Waals surface area contributed by atoms with E-state index in [4.69, 9.17) is 18.8 Å². The van der Waals surface area contributed by atoms with Crippen molar-refractivity contribution in [1.82, 2.24) is 19.5 Å². The number of pyridine rings is 2. The molecule has 8 heteroatoms. The van der Waals surface area contributed by atoms with Gasteiger partial charge in [-0.3, -0.25) is 4.98 Å². The maximum atomic E-state index is 6.53. The number of aromatic nitrogens is 4. The van der Waals surface area contributed by atoms with Crippen LogP contribution in [-0.4, -0.2) is 32.8 Å². The fourth-order valence-corrected chi connectivity index (χ4v) is 9.91. The van der Waals surface area contributed by atoms with Crippen LogP contribution in [0.3, 0.4) is 0 Å². The molecule has 0 unspecified atom stereocenters. The predicted octanol–water partition coefficient (Wildman–Crippen LogP) is 13.5. The molecule has 303 valence electrons. The number of imidazole rings is 1. The van der Waals surface area contributed by atoms with Crippen molar-refractivity contribution >= 4 is 72.7 Å². The van der Waals surface area contributed by atoms with Crippen LogP contribution in [0.5, 0.6) is 0 Å². The second kappa shape index (κ2) is 15.9. The molecule has 0 amide bonds. The Morgan fingerprint density at radius 3 is 2.18 bits per heavy atom. The van der Waals surface area contributed by atoms with E-state index in [2.05, 4.69) is 147 Å². The van der Waals surface area contributed by atoms with E-state index < -0.39 is 13.3 Å². The van der Waals surface area contributed by atoms with Crippen molar-refractivity contribution in [1.29, 1.82) is 0 Å². The molecular formula is C52H48GeIrN4O2-2. The van der Waals surface area contributed by atoms with Crippen molar-refractivity contribution in [3.8, 4) is 28.3 Å². The van der Waals surface area contributed by atoms with Crippen molar-refractivity contribution < 1.29 is 28.9 Å². The van der Waals surface area contributed by atoms with Crippen molar-refractivity contribution in [3.63, 3.8) is 0 Å². The Bertz CT molecular complexity index is 3170. The third kappa shape index (κ3) is 7.64. The third-order valence-electron chi connectivity index (χ3n) is 11.2. The fourth-order valence-electron chi connectivity index (χ4n) is 7.74. The summed E-state index contributed by atoms with van der Waals surface area (Å²) in [6, 6.07) is 46.4. The van der Waals surface area contributed by atoms with E-state index in [1.807, 2.05) is 54.7 Å². The van der Waals surface area contributed by atoms with E-state index in [1.165, 1.54) is 9.96 Å². The van der Waals surface area contributed by atoms with Crippen LogP contribution >= 0.6 is 0 Å². The SMILES string of the molecule is Cc1c[c-]c(-c2nc3ccccc3n2-c2ccc3c(c2)oc2cc(C(C)(C)C)ccc23)c2oc3nc(C(C)C)ccc3c12.[CH3][Ge]([CH3])([CH3])[c]1ccc(-c2[c-]cccc2)nc1.[Ir]. The van der Waals surface area contributed by atoms with E-state index in [0.29, 0.717) is 11.6 Å². The monoisotopic (exact) mass is 1030 g/mol. The Kier molecular flexibility index (Phi) is 11.0. The van der Waals surface area contributed by atoms with Gasteiger partial charge in [0.2, 0.25) is 5.71 Å². The summed E-state index contributed by atoms with van der Waals surface area (Å²) < 4.78 is 16.6. The van der Waals surface area contributed by atoms with Crippen LogP contribution in [0.15, 0.2) is 130 Å². The van der Waals surface area contributed by atoms with Gasteiger partial charge in [0, 0.05) is 53.7 Å². The van der Waals surface area contributed by atoms with Crippen LogP contribution in [0.1, 0.15) is 57.4 Å². The minimum atomic E-state index is -1.72. The molecule has 60 heavy (non-hydrogen) atoms. The number of furan rings is 2. The van der Waals surface area contributed by atoms with Crippen molar-refractivity contribution in [3.05, 3.63) is 150 Å². The summed E-state index contributed by atoms with van der Waals surface area (Å²) >= 11 is -1.72. The number of hydrogen-bond donors (Lipinski definition) is 0. The first-order valence-corrected chi connectivity index (χ1v) is 27.7. The Morgan fingerprint density at radius 2 is 1.48 bits per heavy atom.